The van der Waals surface area contributed by atoms with Crippen LogP contribution >= 0.6 is 0 Å². The molecule has 2 heterocycles. The highest BCUT2D eigenvalue weighted by atomic mass is 16.4. The summed E-state index contributed by atoms with van der Waals surface area (Å²) in [6, 6.07) is 13.4. The zero-order chi connectivity index (χ0) is 20.4. The Kier molecular flexibility index (Phi) is 5.34. The van der Waals surface area contributed by atoms with Crippen molar-refractivity contribution in [1.82, 2.24) is 14.9 Å². The van der Waals surface area contributed by atoms with E-state index in [0.717, 1.165) is 40.8 Å². The van der Waals surface area contributed by atoms with Gasteiger partial charge in [-0.05, 0) is 49.4 Å². The molecule has 1 aliphatic rings. The zero-order valence-electron chi connectivity index (χ0n) is 16.5. The molecule has 4 rings (SSSR count). The largest absolute Gasteiger partial charge is 0.481 e. The quantitative estimate of drug-likeness (QED) is 0.690. The van der Waals surface area contributed by atoms with Crippen molar-refractivity contribution in [2.45, 2.75) is 38.5 Å². The Hall–Kier alpha value is -3.15. The first-order chi connectivity index (χ1) is 14.0. The predicted octanol–water partition coefficient (Wildman–Crippen LogP) is 3.91. The fraction of sp³-hybridized carbons (Fsp3) is 0.348. The number of aryl methyl sites for hydroxylation is 2. The van der Waals surface area contributed by atoms with Crippen LogP contribution in [0.5, 0.6) is 0 Å². The minimum Gasteiger partial charge on any atom is -0.481 e. The van der Waals surface area contributed by atoms with Gasteiger partial charge in [-0.15, -0.1) is 0 Å². The van der Waals surface area contributed by atoms with E-state index < -0.39 is 5.97 Å². The molecule has 0 bridgehead atoms. The number of carboxylic acid groups (broad SMARTS) is 1. The number of hydrogen-bond donors (Lipinski definition) is 2. The van der Waals surface area contributed by atoms with Crippen molar-refractivity contribution < 1.29 is 14.7 Å². The molecule has 6 nitrogen and oxygen atoms in total. The van der Waals surface area contributed by atoms with Gasteiger partial charge in [0.05, 0.1) is 11.0 Å². The number of carboxylic acids is 1. The average Bonchev–Trinajstić information content (AvgIpc) is 3.18. The van der Waals surface area contributed by atoms with Gasteiger partial charge in [0.25, 0.3) is 5.91 Å². The second kappa shape index (κ2) is 8.07. The van der Waals surface area contributed by atoms with E-state index >= 15 is 0 Å². The Morgan fingerprint density at radius 1 is 1.21 bits per heavy atom. The number of carbonyl (C=O) groups is 2. The van der Waals surface area contributed by atoms with E-state index in [1.165, 1.54) is 0 Å². The molecule has 1 fully saturated rings. The van der Waals surface area contributed by atoms with E-state index in [0.29, 0.717) is 25.1 Å². The lowest BCUT2D eigenvalue weighted by atomic mass is 9.95. The van der Waals surface area contributed by atoms with Gasteiger partial charge in [0.15, 0.2) is 0 Å². The Morgan fingerprint density at radius 2 is 2.03 bits per heavy atom. The molecule has 0 radical (unpaired) electrons. The topological polar surface area (TPSA) is 86.3 Å². The third kappa shape index (κ3) is 4.01. The van der Waals surface area contributed by atoms with Crippen LogP contribution in [0.3, 0.4) is 0 Å². The van der Waals surface area contributed by atoms with E-state index in [-0.39, 0.29) is 18.2 Å². The van der Waals surface area contributed by atoms with Crippen LogP contribution in [0.25, 0.3) is 11.0 Å². The number of carbonyl (C=O) groups excluding carboxylic acids is 1. The number of aromatic nitrogens is 2. The van der Waals surface area contributed by atoms with Crippen LogP contribution in [0.15, 0.2) is 42.5 Å². The van der Waals surface area contributed by atoms with Gasteiger partial charge < -0.3 is 15.0 Å². The van der Waals surface area contributed by atoms with Gasteiger partial charge in [-0.25, -0.2) is 4.98 Å². The Balaban J connectivity index is 1.54. The number of imidazole rings is 1. The molecule has 1 amide bonds. The number of para-hydroxylation sites is 1. The molecule has 0 saturated carbocycles. The second-order valence-electron chi connectivity index (χ2n) is 7.73. The standard InChI is InChI=1S/C23H25N3O3/c1-15-6-4-10-19-21(15)25-22(24-19)17-8-5-13-26(14-17)23(29)18-9-3-2-7-16(18)11-12-20(27)28/h2-4,6-7,9-10,17H,5,8,11-14H2,1H3,(H,24,25)(H,27,28). The van der Waals surface area contributed by atoms with Crippen LogP contribution in [0.1, 0.15) is 52.5 Å². The number of likely N-dealkylation sites (tertiary alicyclic amines) is 1. The second-order valence-corrected chi connectivity index (χ2v) is 7.73. The maximum absolute atomic E-state index is 13.2. The minimum atomic E-state index is -0.856. The number of fused-ring (bicyclic) bond motifs is 1. The maximum atomic E-state index is 13.2. The van der Waals surface area contributed by atoms with Gasteiger partial charge in [-0.3, -0.25) is 9.59 Å². The van der Waals surface area contributed by atoms with Crippen molar-refractivity contribution in [2.75, 3.05) is 13.1 Å². The van der Waals surface area contributed by atoms with Crippen molar-refractivity contribution in [2.24, 2.45) is 0 Å². The highest BCUT2D eigenvalue weighted by molar-refractivity contribution is 5.96. The van der Waals surface area contributed by atoms with E-state index in [1.807, 2.05) is 35.2 Å². The maximum Gasteiger partial charge on any atom is 0.303 e. The molecule has 1 unspecified atom stereocenters. The van der Waals surface area contributed by atoms with Gasteiger partial charge in [0, 0.05) is 31.0 Å². The molecule has 150 valence electrons. The SMILES string of the molecule is Cc1cccc2[nH]c(C3CCCN(C(=O)c4ccccc4CCC(=O)O)C3)nc12. The molecular formula is C23H25N3O3. The van der Waals surface area contributed by atoms with Gasteiger partial charge >= 0.3 is 5.97 Å². The van der Waals surface area contributed by atoms with Crippen LogP contribution < -0.4 is 0 Å². The summed E-state index contributed by atoms with van der Waals surface area (Å²) in [5.41, 5.74) is 4.56. The van der Waals surface area contributed by atoms with E-state index in [9.17, 15) is 9.59 Å². The summed E-state index contributed by atoms with van der Waals surface area (Å²) in [4.78, 5) is 34.3. The Labute approximate surface area is 169 Å². The van der Waals surface area contributed by atoms with Crippen molar-refractivity contribution in [3.8, 4) is 0 Å². The summed E-state index contributed by atoms with van der Waals surface area (Å²) in [5.74, 6) is 0.227. The lowest BCUT2D eigenvalue weighted by molar-refractivity contribution is -0.136. The van der Waals surface area contributed by atoms with E-state index in [4.69, 9.17) is 10.1 Å². The van der Waals surface area contributed by atoms with Gasteiger partial charge in [-0.2, -0.15) is 0 Å². The lowest BCUT2D eigenvalue weighted by Gasteiger charge is -2.32. The first-order valence-corrected chi connectivity index (χ1v) is 10.1. The molecule has 1 aromatic heterocycles. The molecule has 2 N–H and O–H groups in total. The third-order valence-corrected chi connectivity index (χ3v) is 5.68. The third-order valence-electron chi connectivity index (χ3n) is 5.68. The summed E-state index contributed by atoms with van der Waals surface area (Å²) in [5, 5.41) is 8.99. The van der Waals surface area contributed by atoms with Gasteiger partial charge in [0.1, 0.15) is 5.82 Å². The van der Waals surface area contributed by atoms with E-state index in [2.05, 4.69) is 18.0 Å². The monoisotopic (exact) mass is 391 g/mol. The summed E-state index contributed by atoms with van der Waals surface area (Å²) in [6.07, 6.45) is 2.29. The first-order valence-electron chi connectivity index (χ1n) is 10.1. The number of nitrogens with zero attached hydrogens (tertiary/aromatic N) is 2. The number of aliphatic carboxylic acids is 1. The number of benzene rings is 2. The molecule has 29 heavy (non-hydrogen) atoms. The molecule has 2 aromatic carbocycles. The van der Waals surface area contributed by atoms with Crippen LogP contribution in [-0.2, 0) is 11.2 Å². The molecule has 0 aliphatic carbocycles. The van der Waals surface area contributed by atoms with Crippen molar-refractivity contribution in [1.29, 1.82) is 0 Å². The molecule has 1 aliphatic heterocycles. The zero-order valence-corrected chi connectivity index (χ0v) is 16.5. The average molecular weight is 391 g/mol. The normalized spacial score (nSPS) is 16.9. The van der Waals surface area contributed by atoms with Crippen LogP contribution in [0.2, 0.25) is 0 Å². The number of H-pyrrole nitrogens is 1. The molecule has 1 atom stereocenters. The highest BCUT2D eigenvalue weighted by Gasteiger charge is 2.28. The number of hydrogen-bond acceptors (Lipinski definition) is 3. The first kappa shape index (κ1) is 19.2. The molecular weight excluding hydrogens is 366 g/mol. The molecule has 0 spiro atoms. The summed E-state index contributed by atoms with van der Waals surface area (Å²) in [6.45, 7) is 3.38. The molecule has 6 heteroatoms. The smallest absolute Gasteiger partial charge is 0.303 e. The van der Waals surface area contributed by atoms with Crippen LogP contribution in [0.4, 0.5) is 0 Å². The number of piperidine rings is 1. The van der Waals surface area contributed by atoms with Crippen LogP contribution in [0, 0.1) is 6.92 Å². The summed E-state index contributed by atoms with van der Waals surface area (Å²) in [7, 11) is 0. The van der Waals surface area contributed by atoms with Crippen molar-refractivity contribution in [3.63, 3.8) is 0 Å². The number of aromatic amines is 1. The fourth-order valence-electron chi connectivity index (χ4n) is 4.13. The number of rotatable bonds is 5. The number of amides is 1. The van der Waals surface area contributed by atoms with Gasteiger partial charge in [0.2, 0.25) is 0 Å². The highest BCUT2D eigenvalue weighted by Crippen LogP contribution is 2.29. The predicted molar refractivity (Wildman–Crippen MR) is 111 cm³/mol. The Bertz CT molecular complexity index is 1060. The summed E-state index contributed by atoms with van der Waals surface area (Å²) >= 11 is 0. The van der Waals surface area contributed by atoms with Crippen molar-refractivity contribution in [3.05, 3.63) is 65.0 Å². The summed E-state index contributed by atoms with van der Waals surface area (Å²) < 4.78 is 0. The van der Waals surface area contributed by atoms with Crippen LogP contribution in [-0.4, -0.2) is 44.9 Å². The fourth-order valence-corrected chi connectivity index (χ4v) is 4.13. The Morgan fingerprint density at radius 3 is 2.83 bits per heavy atom. The molecule has 1 saturated heterocycles. The lowest BCUT2D eigenvalue weighted by Crippen LogP contribution is -2.39. The minimum absolute atomic E-state index is 0.0191. The van der Waals surface area contributed by atoms with Gasteiger partial charge in [-0.1, -0.05) is 30.3 Å². The molecule has 3 aromatic rings. The van der Waals surface area contributed by atoms with E-state index in [1.54, 1.807) is 6.07 Å². The van der Waals surface area contributed by atoms with Crippen molar-refractivity contribution >= 4 is 22.9 Å². The number of nitrogens with one attached hydrogen (secondary N) is 1.